The van der Waals surface area contributed by atoms with Gasteiger partial charge in [-0.05, 0) is 18.2 Å². The Bertz CT molecular complexity index is 946. The third-order valence-corrected chi connectivity index (χ3v) is 6.24. The molecular formula is C19H21N3O4S2. The van der Waals surface area contributed by atoms with Crippen molar-refractivity contribution in [1.82, 2.24) is 9.97 Å². The van der Waals surface area contributed by atoms with E-state index < -0.39 is 6.10 Å². The van der Waals surface area contributed by atoms with Crippen molar-refractivity contribution in [3.8, 4) is 5.75 Å². The molecule has 1 saturated heterocycles. The van der Waals surface area contributed by atoms with Crippen molar-refractivity contribution in [1.29, 1.82) is 0 Å². The molecule has 0 bridgehead atoms. The Morgan fingerprint density at radius 2 is 2.04 bits per heavy atom. The monoisotopic (exact) mass is 419 g/mol. The van der Waals surface area contributed by atoms with Crippen LogP contribution in [-0.2, 0) is 0 Å². The second-order valence-electron chi connectivity index (χ2n) is 6.26. The molecule has 0 atom stereocenters. The second-order valence-corrected chi connectivity index (χ2v) is 8.53. The first-order chi connectivity index (χ1) is 13.7. The number of benzene rings is 1. The number of rotatable bonds is 7. The van der Waals surface area contributed by atoms with Crippen LogP contribution in [0.3, 0.4) is 0 Å². The number of thioether (sulfide) groups is 1. The van der Waals surface area contributed by atoms with Crippen LogP contribution >= 0.6 is 23.1 Å². The van der Waals surface area contributed by atoms with E-state index in [2.05, 4.69) is 14.9 Å². The molecule has 148 valence electrons. The summed E-state index contributed by atoms with van der Waals surface area (Å²) in [6, 6.07) is 5.23. The number of thiazole rings is 1. The lowest BCUT2D eigenvalue weighted by molar-refractivity contribution is 0.0630. The molecule has 3 aromatic rings. The zero-order valence-electron chi connectivity index (χ0n) is 15.2. The molecule has 0 amide bonds. The van der Waals surface area contributed by atoms with E-state index in [0.29, 0.717) is 22.7 Å². The van der Waals surface area contributed by atoms with Crippen LogP contribution in [-0.4, -0.2) is 64.1 Å². The first kappa shape index (κ1) is 19.3. The molecule has 0 unspecified atom stereocenters. The normalized spacial score (nSPS) is 15.2. The number of hydrogen-bond acceptors (Lipinski definition) is 9. The van der Waals surface area contributed by atoms with E-state index in [1.54, 1.807) is 29.5 Å². The van der Waals surface area contributed by atoms with Crippen LogP contribution in [0.25, 0.3) is 23.3 Å². The van der Waals surface area contributed by atoms with E-state index >= 15 is 0 Å². The third kappa shape index (κ3) is 4.49. The van der Waals surface area contributed by atoms with E-state index in [4.69, 9.17) is 19.4 Å². The molecule has 1 fully saturated rings. The molecule has 0 saturated carbocycles. The number of aromatic nitrogens is 2. The molecular weight excluding hydrogens is 398 g/mol. The number of hydrogen-bond donors (Lipinski definition) is 2. The predicted octanol–water partition coefficient (Wildman–Crippen LogP) is 2.74. The van der Waals surface area contributed by atoms with Gasteiger partial charge in [-0.25, -0.2) is 9.97 Å². The Morgan fingerprint density at radius 1 is 1.21 bits per heavy atom. The highest BCUT2D eigenvalue weighted by atomic mass is 32.2. The van der Waals surface area contributed by atoms with Gasteiger partial charge in [0.15, 0.2) is 10.7 Å². The summed E-state index contributed by atoms with van der Waals surface area (Å²) in [5.74, 6) is 3.31. The van der Waals surface area contributed by atoms with Crippen molar-refractivity contribution in [2.45, 2.75) is 6.10 Å². The Kier molecular flexibility index (Phi) is 6.16. The molecule has 28 heavy (non-hydrogen) atoms. The van der Waals surface area contributed by atoms with Gasteiger partial charge in [0.2, 0.25) is 5.89 Å². The van der Waals surface area contributed by atoms with Gasteiger partial charge < -0.3 is 24.3 Å². The minimum atomic E-state index is -0.654. The SMILES string of the molecule is OCC(CO)Oc1ccc2nc(/C=C/c3cnc(N4CCSCC4)s3)oc2c1. The Labute approximate surface area is 170 Å². The van der Waals surface area contributed by atoms with Crippen molar-refractivity contribution in [3.63, 3.8) is 0 Å². The van der Waals surface area contributed by atoms with Crippen LogP contribution in [0.2, 0.25) is 0 Å². The number of aliphatic hydroxyl groups excluding tert-OH is 2. The van der Waals surface area contributed by atoms with Crippen molar-refractivity contribution in [2.75, 3.05) is 42.7 Å². The van der Waals surface area contributed by atoms with Crippen LogP contribution in [0.4, 0.5) is 5.13 Å². The molecule has 1 aliphatic rings. The number of aliphatic hydroxyl groups is 2. The predicted molar refractivity (Wildman–Crippen MR) is 113 cm³/mol. The van der Waals surface area contributed by atoms with E-state index in [1.807, 2.05) is 30.1 Å². The molecule has 1 aliphatic heterocycles. The molecule has 3 heterocycles. The fourth-order valence-corrected chi connectivity index (χ4v) is 4.57. The summed E-state index contributed by atoms with van der Waals surface area (Å²) in [7, 11) is 0. The molecule has 0 aliphatic carbocycles. The van der Waals surface area contributed by atoms with Gasteiger partial charge in [-0.3, -0.25) is 0 Å². The Balaban J connectivity index is 1.46. The summed E-state index contributed by atoms with van der Waals surface area (Å²) in [4.78, 5) is 12.3. The van der Waals surface area contributed by atoms with Gasteiger partial charge in [-0.2, -0.15) is 11.8 Å². The highest BCUT2D eigenvalue weighted by molar-refractivity contribution is 7.99. The van der Waals surface area contributed by atoms with Crippen LogP contribution in [0.5, 0.6) is 5.75 Å². The minimum Gasteiger partial charge on any atom is -0.485 e. The highest BCUT2D eigenvalue weighted by Gasteiger charge is 2.14. The zero-order valence-corrected chi connectivity index (χ0v) is 16.8. The highest BCUT2D eigenvalue weighted by Crippen LogP contribution is 2.27. The summed E-state index contributed by atoms with van der Waals surface area (Å²) < 4.78 is 11.3. The number of nitrogens with zero attached hydrogens (tertiary/aromatic N) is 3. The van der Waals surface area contributed by atoms with Crippen LogP contribution < -0.4 is 9.64 Å². The standard InChI is InChI=1S/C19H21N3O4S2/c23-11-14(12-24)25-13-1-3-16-17(9-13)26-18(21-16)4-2-15-10-20-19(28-15)22-5-7-27-8-6-22/h1-4,9-10,14,23-24H,5-8,11-12H2/b4-2+. The van der Waals surface area contributed by atoms with Crippen LogP contribution in [0.1, 0.15) is 10.8 Å². The minimum absolute atomic E-state index is 0.258. The van der Waals surface area contributed by atoms with Crippen molar-refractivity contribution in [3.05, 3.63) is 35.2 Å². The van der Waals surface area contributed by atoms with Gasteiger partial charge in [0.25, 0.3) is 0 Å². The fraction of sp³-hybridized carbons (Fsp3) is 0.368. The third-order valence-electron chi connectivity index (χ3n) is 4.27. The van der Waals surface area contributed by atoms with E-state index in [0.717, 1.165) is 34.6 Å². The van der Waals surface area contributed by atoms with E-state index in [1.165, 1.54) is 0 Å². The summed E-state index contributed by atoms with van der Waals surface area (Å²) in [5, 5.41) is 19.3. The van der Waals surface area contributed by atoms with Gasteiger partial charge in [-0.15, -0.1) is 0 Å². The lowest BCUT2D eigenvalue weighted by Gasteiger charge is -2.25. The topological polar surface area (TPSA) is 91.8 Å². The first-order valence-corrected chi connectivity index (χ1v) is 11.0. The maximum absolute atomic E-state index is 9.13. The lowest BCUT2D eigenvalue weighted by atomic mass is 10.3. The average molecular weight is 420 g/mol. The quantitative estimate of drug-likeness (QED) is 0.604. The summed E-state index contributed by atoms with van der Waals surface area (Å²) in [6.45, 7) is 1.58. The maximum atomic E-state index is 9.13. The number of fused-ring (bicyclic) bond motifs is 1. The van der Waals surface area contributed by atoms with Crippen LogP contribution in [0.15, 0.2) is 28.8 Å². The maximum Gasteiger partial charge on any atom is 0.220 e. The van der Waals surface area contributed by atoms with Gasteiger partial charge in [0.1, 0.15) is 17.4 Å². The molecule has 0 spiro atoms. The number of ether oxygens (including phenoxy) is 1. The summed E-state index contributed by atoms with van der Waals surface area (Å²) >= 11 is 3.64. The molecule has 2 N–H and O–H groups in total. The van der Waals surface area contributed by atoms with Gasteiger partial charge in [-0.1, -0.05) is 11.3 Å². The Hall–Kier alpha value is -2.07. The lowest BCUT2D eigenvalue weighted by Crippen LogP contribution is -2.32. The zero-order chi connectivity index (χ0) is 19.3. The summed E-state index contributed by atoms with van der Waals surface area (Å²) in [5.41, 5.74) is 1.30. The molecule has 7 nitrogen and oxygen atoms in total. The molecule has 1 aromatic carbocycles. The molecule has 9 heteroatoms. The number of oxazole rings is 1. The van der Waals surface area contributed by atoms with E-state index in [-0.39, 0.29) is 13.2 Å². The fourth-order valence-electron chi connectivity index (χ4n) is 2.80. The van der Waals surface area contributed by atoms with E-state index in [9.17, 15) is 0 Å². The smallest absolute Gasteiger partial charge is 0.220 e. The first-order valence-electron chi connectivity index (χ1n) is 9.01. The Morgan fingerprint density at radius 3 is 2.82 bits per heavy atom. The summed E-state index contributed by atoms with van der Waals surface area (Å²) in [6.07, 6.45) is 5.00. The largest absolute Gasteiger partial charge is 0.485 e. The average Bonchev–Trinajstić information content (AvgIpc) is 3.37. The van der Waals surface area contributed by atoms with Crippen LogP contribution in [0, 0.1) is 0 Å². The second kappa shape index (κ2) is 8.95. The van der Waals surface area contributed by atoms with Gasteiger partial charge in [0, 0.05) is 47.8 Å². The van der Waals surface area contributed by atoms with Crippen molar-refractivity contribution < 1.29 is 19.4 Å². The van der Waals surface area contributed by atoms with Crippen molar-refractivity contribution >= 4 is 51.5 Å². The van der Waals surface area contributed by atoms with Gasteiger partial charge >= 0.3 is 0 Å². The number of anilines is 1. The molecule has 0 radical (unpaired) electrons. The van der Waals surface area contributed by atoms with Gasteiger partial charge in [0.05, 0.1) is 13.2 Å². The molecule has 4 rings (SSSR count). The van der Waals surface area contributed by atoms with Crippen molar-refractivity contribution in [2.24, 2.45) is 0 Å². The molecule has 2 aromatic heterocycles.